The molecule has 0 aliphatic rings. The second-order valence-electron chi connectivity index (χ2n) is 13.7. The van der Waals surface area contributed by atoms with Gasteiger partial charge >= 0.3 is 11.9 Å². The number of carbonyl (C=O) groups is 2. The van der Waals surface area contributed by atoms with E-state index in [1.165, 1.54) is 27.8 Å². The van der Waals surface area contributed by atoms with Gasteiger partial charge in [0.1, 0.15) is 5.75 Å². The molecule has 0 bridgehead atoms. The van der Waals surface area contributed by atoms with Gasteiger partial charge in [0.15, 0.2) is 0 Å². The second kappa shape index (κ2) is 20.3. The average molecular weight is 719 g/mol. The van der Waals surface area contributed by atoms with Crippen LogP contribution in [0.5, 0.6) is 5.75 Å². The minimum atomic E-state index is -0.420. The molecular weight excluding hydrogens is 664 g/mol. The zero-order chi connectivity index (χ0) is 38.3. The standard InChI is InChI=1S/C46H54O7/c1-7-35-26-39(20-21-43(35)38-18-16-37(17-19-38)36-14-12-33(6)13-15-36)42-27-40(10-8-23-52-45(49)31(2)3)44(51-25-22-34(29-47)30-48)41(28-42)11-9-24-53-46(50)32(4)5/h12-21,26-28,34,47-48H,2,4,7-11,22-25,29-30H2,1,3,5-6H3. The maximum Gasteiger partial charge on any atom is 0.333 e. The molecule has 0 unspecified atom stereocenters. The largest absolute Gasteiger partial charge is 0.493 e. The zero-order valence-corrected chi connectivity index (χ0v) is 31.7. The lowest BCUT2D eigenvalue weighted by Crippen LogP contribution is -2.16. The number of aliphatic hydroxyl groups is 2. The summed E-state index contributed by atoms with van der Waals surface area (Å²) in [4.78, 5) is 24.1. The van der Waals surface area contributed by atoms with E-state index in [1.54, 1.807) is 13.8 Å². The van der Waals surface area contributed by atoms with Crippen LogP contribution in [0.25, 0.3) is 33.4 Å². The predicted molar refractivity (Wildman–Crippen MR) is 213 cm³/mol. The lowest BCUT2D eigenvalue weighted by Gasteiger charge is -2.20. The fourth-order valence-corrected chi connectivity index (χ4v) is 6.08. The van der Waals surface area contributed by atoms with Crippen molar-refractivity contribution in [3.8, 4) is 39.1 Å². The molecule has 0 aliphatic heterocycles. The zero-order valence-electron chi connectivity index (χ0n) is 31.7. The second-order valence-corrected chi connectivity index (χ2v) is 13.7. The summed E-state index contributed by atoms with van der Waals surface area (Å²) in [5.74, 6) is -0.400. The number of aryl methyl sites for hydroxylation is 4. The SMILES string of the molecule is C=C(C)C(=O)OCCCc1cc(-c2ccc(-c3ccc(-c4ccc(C)cc4)cc3)c(CC)c2)cc(CCCOC(=O)C(=C)C)c1OCCC(CO)CO. The van der Waals surface area contributed by atoms with Crippen LogP contribution < -0.4 is 4.74 Å². The number of aliphatic hydroxyl groups excluding tert-OH is 2. The van der Waals surface area contributed by atoms with Crippen LogP contribution in [0.2, 0.25) is 0 Å². The molecule has 0 saturated carbocycles. The van der Waals surface area contributed by atoms with Crippen LogP contribution in [0.15, 0.2) is 103 Å². The summed E-state index contributed by atoms with van der Waals surface area (Å²) in [6.45, 7) is 15.4. The molecule has 7 nitrogen and oxygen atoms in total. The molecule has 4 rings (SSSR count). The molecular formula is C46H54O7. The summed E-state index contributed by atoms with van der Waals surface area (Å²) in [5, 5.41) is 19.3. The molecule has 7 heteroatoms. The lowest BCUT2D eigenvalue weighted by atomic mass is 9.90. The molecule has 0 fully saturated rings. The quantitative estimate of drug-likeness (QED) is 0.0534. The van der Waals surface area contributed by atoms with Crippen molar-refractivity contribution in [1.82, 2.24) is 0 Å². The Labute approximate surface area is 315 Å². The van der Waals surface area contributed by atoms with Crippen molar-refractivity contribution in [2.24, 2.45) is 5.92 Å². The van der Waals surface area contributed by atoms with E-state index in [4.69, 9.17) is 14.2 Å². The minimum Gasteiger partial charge on any atom is -0.493 e. The smallest absolute Gasteiger partial charge is 0.333 e. The van der Waals surface area contributed by atoms with E-state index in [9.17, 15) is 19.8 Å². The normalized spacial score (nSPS) is 11.0. The van der Waals surface area contributed by atoms with E-state index in [1.807, 2.05) is 0 Å². The topological polar surface area (TPSA) is 102 Å². The molecule has 4 aromatic carbocycles. The summed E-state index contributed by atoms with van der Waals surface area (Å²) in [6, 6.07) is 28.2. The first-order chi connectivity index (χ1) is 25.5. The third-order valence-electron chi connectivity index (χ3n) is 9.28. The van der Waals surface area contributed by atoms with Gasteiger partial charge in [0.05, 0.1) is 19.8 Å². The van der Waals surface area contributed by atoms with Crippen molar-refractivity contribution < 1.29 is 34.0 Å². The first kappa shape index (κ1) is 40.8. The van der Waals surface area contributed by atoms with E-state index >= 15 is 0 Å². The summed E-state index contributed by atoms with van der Waals surface area (Å²) >= 11 is 0. The number of rotatable bonds is 20. The Morgan fingerprint density at radius 2 is 1.11 bits per heavy atom. The molecule has 0 heterocycles. The fourth-order valence-electron chi connectivity index (χ4n) is 6.08. The van der Waals surface area contributed by atoms with Crippen molar-refractivity contribution in [3.05, 3.63) is 125 Å². The molecule has 280 valence electrons. The number of benzene rings is 4. The van der Waals surface area contributed by atoms with E-state index < -0.39 is 11.9 Å². The highest BCUT2D eigenvalue weighted by atomic mass is 16.5. The number of carbonyl (C=O) groups excluding carboxylic acids is 2. The Bertz CT molecular complexity index is 1800. The Kier molecular flexibility index (Phi) is 15.6. The van der Waals surface area contributed by atoms with Gasteiger partial charge in [0.2, 0.25) is 0 Å². The van der Waals surface area contributed by atoms with Crippen LogP contribution in [0.1, 0.15) is 62.3 Å². The van der Waals surface area contributed by atoms with Crippen LogP contribution in [0.3, 0.4) is 0 Å². The summed E-state index contributed by atoms with van der Waals surface area (Å²) in [7, 11) is 0. The van der Waals surface area contributed by atoms with Crippen molar-refractivity contribution in [1.29, 1.82) is 0 Å². The fraction of sp³-hybridized carbons (Fsp3) is 0.348. The molecule has 0 saturated heterocycles. The Morgan fingerprint density at radius 3 is 1.60 bits per heavy atom. The van der Waals surface area contributed by atoms with Gasteiger partial charge in [-0.3, -0.25) is 0 Å². The van der Waals surface area contributed by atoms with Crippen LogP contribution >= 0.6 is 0 Å². The van der Waals surface area contributed by atoms with E-state index in [0.717, 1.165) is 40.0 Å². The highest BCUT2D eigenvalue weighted by molar-refractivity contribution is 5.87. The van der Waals surface area contributed by atoms with Gasteiger partial charge in [-0.1, -0.05) is 92.4 Å². The van der Waals surface area contributed by atoms with Gasteiger partial charge in [-0.05, 0) is 121 Å². The Morgan fingerprint density at radius 1 is 0.642 bits per heavy atom. The number of hydrogen-bond acceptors (Lipinski definition) is 7. The number of esters is 2. The molecule has 2 N–H and O–H groups in total. The highest BCUT2D eigenvalue weighted by Gasteiger charge is 2.17. The number of hydrogen-bond donors (Lipinski definition) is 2. The van der Waals surface area contributed by atoms with Crippen molar-refractivity contribution in [2.75, 3.05) is 33.0 Å². The van der Waals surface area contributed by atoms with Gasteiger partial charge in [-0.2, -0.15) is 0 Å². The summed E-state index contributed by atoms with van der Waals surface area (Å²) in [6.07, 6.45) is 3.64. The van der Waals surface area contributed by atoms with Crippen LogP contribution in [0.4, 0.5) is 0 Å². The van der Waals surface area contributed by atoms with Gasteiger partial charge < -0.3 is 24.4 Å². The van der Waals surface area contributed by atoms with Crippen LogP contribution in [-0.4, -0.2) is 55.2 Å². The van der Waals surface area contributed by atoms with Gasteiger partial charge in [0, 0.05) is 30.3 Å². The Balaban J connectivity index is 1.69. The average Bonchev–Trinajstić information content (AvgIpc) is 3.17. The maximum atomic E-state index is 12.1. The molecule has 53 heavy (non-hydrogen) atoms. The lowest BCUT2D eigenvalue weighted by molar-refractivity contribution is -0.139. The third-order valence-corrected chi connectivity index (χ3v) is 9.28. The highest BCUT2D eigenvalue weighted by Crippen LogP contribution is 2.36. The predicted octanol–water partition coefficient (Wildman–Crippen LogP) is 9.03. The molecule has 0 spiro atoms. The van der Waals surface area contributed by atoms with E-state index in [-0.39, 0.29) is 32.3 Å². The summed E-state index contributed by atoms with van der Waals surface area (Å²) < 4.78 is 17.2. The van der Waals surface area contributed by atoms with Crippen LogP contribution in [0, 0.1) is 12.8 Å². The van der Waals surface area contributed by atoms with Crippen molar-refractivity contribution >= 4 is 11.9 Å². The molecule has 0 aromatic heterocycles. The van der Waals surface area contributed by atoms with E-state index in [0.29, 0.717) is 49.9 Å². The van der Waals surface area contributed by atoms with E-state index in [2.05, 4.69) is 106 Å². The van der Waals surface area contributed by atoms with Gasteiger partial charge in [0.25, 0.3) is 0 Å². The molecule has 0 radical (unpaired) electrons. The molecule has 0 aliphatic carbocycles. The maximum absolute atomic E-state index is 12.1. The molecule has 0 amide bonds. The minimum absolute atomic E-state index is 0.132. The van der Waals surface area contributed by atoms with Crippen molar-refractivity contribution in [3.63, 3.8) is 0 Å². The van der Waals surface area contributed by atoms with Crippen molar-refractivity contribution in [2.45, 2.75) is 66.2 Å². The Hall–Kier alpha value is -4.98. The first-order valence-corrected chi connectivity index (χ1v) is 18.5. The third kappa shape index (κ3) is 11.8. The van der Waals surface area contributed by atoms with Gasteiger partial charge in [-0.25, -0.2) is 9.59 Å². The molecule has 4 aromatic rings. The first-order valence-electron chi connectivity index (χ1n) is 18.5. The van der Waals surface area contributed by atoms with Gasteiger partial charge in [-0.15, -0.1) is 0 Å². The van der Waals surface area contributed by atoms with Crippen LogP contribution in [-0.2, 0) is 38.3 Å². The summed E-state index contributed by atoms with van der Waals surface area (Å²) in [5.41, 5.74) is 11.9. The monoisotopic (exact) mass is 718 g/mol. The molecule has 0 atom stereocenters. The number of ether oxygens (including phenoxy) is 3.